The SMILES string of the molecule is COc1ccccc1N1CCN(C(=O)CSc2nnc3n2CCCCC3)CC1. The molecule has 1 aromatic heterocycles. The number of anilines is 1. The van der Waals surface area contributed by atoms with Crippen molar-refractivity contribution in [2.75, 3.05) is 43.9 Å². The molecular formula is C20H27N5O2S. The van der Waals surface area contributed by atoms with Crippen molar-refractivity contribution in [3.8, 4) is 5.75 Å². The summed E-state index contributed by atoms with van der Waals surface area (Å²) in [6.45, 7) is 4.06. The molecule has 0 atom stereocenters. The molecule has 1 amide bonds. The van der Waals surface area contributed by atoms with Crippen LogP contribution in [0.4, 0.5) is 5.69 Å². The highest BCUT2D eigenvalue weighted by molar-refractivity contribution is 7.99. The van der Waals surface area contributed by atoms with Crippen LogP contribution in [0.15, 0.2) is 29.4 Å². The van der Waals surface area contributed by atoms with E-state index in [1.54, 1.807) is 7.11 Å². The number of methoxy groups -OCH3 is 1. The van der Waals surface area contributed by atoms with Gasteiger partial charge in [0.1, 0.15) is 11.6 Å². The first-order chi connectivity index (χ1) is 13.8. The van der Waals surface area contributed by atoms with Crippen molar-refractivity contribution < 1.29 is 9.53 Å². The molecule has 3 heterocycles. The molecule has 2 aliphatic heterocycles. The fourth-order valence-electron chi connectivity index (χ4n) is 3.87. The van der Waals surface area contributed by atoms with Crippen molar-refractivity contribution in [1.29, 1.82) is 0 Å². The van der Waals surface area contributed by atoms with E-state index in [1.807, 2.05) is 23.1 Å². The molecule has 0 bridgehead atoms. The number of ether oxygens (including phenoxy) is 1. The average molecular weight is 402 g/mol. The van der Waals surface area contributed by atoms with Gasteiger partial charge < -0.3 is 19.1 Å². The summed E-state index contributed by atoms with van der Waals surface area (Å²) in [5, 5.41) is 9.51. The second kappa shape index (κ2) is 8.86. The largest absolute Gasteiger partial charge is 0.495 e. The van der Waals surface area contributed by atoms with Gasteiger partial charge in [0.2, 0.25) is 5.91 Å². The van der Waals surface area contributed by atoms with Crippen molar-refractivity contribution >= 4 is 23.4 Å². The first-order valence-corrected chi connectivity index (χ1v) is 11.0. The van der Waals surface area contributed by atoms with Crippen LogP contribution in [0.25, 0.3) is 0 Å². The van der Waals surface area contributed by atoms with Crippen LogP contribution in [-0.2, 0) is 17.8 Å². The van der Waals surface area contributed by atoms with E-state index in [-0.39, 0.29) is 5.91 Å². The number of hydrogen-bond donors (Lipinski definition) is 0. The molecular weight excluding hydrogens is 374 g/mol. The molecule has 4 rings (SSSR count). The zero-order valence-electron chi connectivity index (χ0n) is 16.3. The quantitative estimate of drug-likeness (QED) is 0.717. The van der Waals surface area contributed by atoms with Crippen molar-refractivity contribution in [2.45, 2.75) is 37.4 Å². The summed E-state index contributed by atoms with van der Waals surface area (Å²) in [7, 11) is 1.70. The van der Waals surface area contributed by atoms with E-state index < -0.39 is 0 Å². The fourth-order valence-corrected chi connectivity index (χ4v) is 4.76. The molecule has 1 aromatic carbocycles. The second-order valence-electron chi connectivity index (χ2n) is 7.19. The monoisotopic (exact) mass is 401 g/mol. The summed E-state index contributed by atoms with van der Waals surface area (Å²) in [6.07, 6.45) is 4.57. The number of para-hydroxylation sites is 2. The number of thioether (sulfide) groups is 1. The lowest BCUT2D eigenvalue weighted by molar-refractivity contribution is -0.128. The van der Waals surface area contributed by atoms with Gasteiger partial charge in [-0.3, -0.25) is 4.79 Å². The van der Waals surface area contributed by atoms with Gasteiger partial charge >= 0.3 is 0 Å². The van der Waals surface area contributed by atoms with Gasteiger partial charge in [-0.25, -0.2) is 0 Å². The second-order valence-corrected chi connectivity index (χ2v) is 8.13. The predicted molar refractivity (Wildman–Crippen MR) is 110 cm³/mol. The van der Waals surface area contributed by atoms with E-state index in [9.17, 15) is 4.79 Å². The highest BCUT2D eigenvalue weighted by Crippen LogP contribution is 2.28. The van der Waals surface area contributed by atoms with Crippen LogP contribution >= 0.6 is 11.8 Å². The van der Waals surface area contributed by atoms with E-state index in [4.69, 9.17) is 4.74 Å². The lowest BCUT2D eigenvalue weighted by Gasteiger charge is -2.36. The van der Waals surface area contributed by atoms with Crippen molar-refractivity contribution in [1.82, 2.24) is 19.7 Å². The third-order valence-electron chi connectivity index (χ3n) is 5.46. The lowest BCUT2D eigenvalue weighted by atomic mass is 10.2. The predicted octanol–water partition coefficient (Wildman–Crippen LogP) is 2.45. The number of carbonyl (C=O) groups excluding carboxylic acids is 1. The number of benzene rings is 1. The number of carbonyl (C=O) groups is 1. The highest BCUT2D eigenvalue weighted by atomic mass is 32.2. The number of aromatic nitrogens is 3. The van der Waals surface area contributed by atoms with Crippen molar-refractivity contribution in [2.24, 2.45) is 0 Å². The van der Waals surface area contributed by atoms with Crippen molar-refractivity contribution in [3.05, 3.63) is 30.1 Å². The fraction of sp³-hybridized carbons (Fsp3) is 0.550. The maximum atomic E-state index is 12.7. The maximum absolute atomic E-state index is 12.7. The molecule has 150 valence electrons. The van der Waals surface area contributed by atoms with Crippen molar-refractivity contribution in [3.63, 3.8) is 0 Å². The van der Waals surface area contributed by atoms with Crippen LogP contribution in [0.3, 0.4) is 0 Å². The third kappa shape index (κ3) is 4.11. The van der Waals surface area contributed by atoms with Gasteiger partial charge in [-0.1, -0.05) is 30.3 Å². The van der Waals surface area contributed by atoms with Gasteiger partial charge in [0, 0.05) is 39.1 Å². The molecule has 0 aliphatic carbocycles. The highest BCUT2D eigenvalue weighted by Gasteiger charge is 2.24. The minimum Gasteiger partial charge on any atom is -0.495 e. The maximum Gasteiger partial charge on any atom is 0.233 e. The van der Waals surface area contributed by atoms with Gasteiger partial charge in [-0.05, 0) is 25.0 Å². The molecule has 0 saturated carbocycles. The normalized spacial score (nSPS) is 17.2. The van der Waals surface area contributed by atoms with E-state index in [2.05, 4.69) is 25.7 Å². The molecule has 2 aromatic rings. The summed E-state index contributed by atoms with van der Waals surface area (Å²) in [4.78, 5) is 16.9. The minimum absolute atomic E-state index is 0.177. The molecule has 0 unspecified atom stereocenters. The number of hydrogen-bond acceptors (Lipinski definition) is 6. The van der Waals surface area contributed by atoms with Crippen LogP contribution in [0, 0.1) is 0 Å². The van der Waals surface area contributed by atoms with Crippen LogP contribution in [0.1, 0.15) is 25.1 Å². The number of piperazine rings is 1. The number of rotatable bonds is 5. The molecule has 7 nitrogen and oxygen atoms in total. The van der Waals surface area contributed by atoms with E-state index in [0.717, 1.165) is 68.0 Å². The number of nitrogens with zero attached hydrogens (tertiary/aromatic N) is 5. The first kappa shape index (κ1) is 19.1. The third-order valence-corrected chi connectivity index (χ3v) is 6.41. The Balaban J connectivity index is 1.31. The van der Waals surface area contributed by atoms with Crippen LogP contribution < -0.4 is 9.64 Å². The molecule has 0 radical (unpaired) electrons. The molecule has 2 aliphatic rings. The standard InChI is InChI=1S/C20H27N5O2S/c1-27-17-8-5-4-7-16(17)23-11-13-24(14-12-23)19(26)15-28-20-22-21-18-9-3-2-6-10-25(18)20/h4-5,7-8H,2-3,6,9-15H2,1H3. The molecule has 1 saturated heterocycles. The Morgan fingerprint density at radius 1 is 1.07 bits per heavy atom. The van der Waals surface area contributed by atoms with E-state index in [0.29, 0.717) is 5.75 Å². The van der Waals surface area contributed by atoms with E-state index >= 15 is 0 Å². The van der Waals surface area contributed by atoms with Crippen LogP contribution in [0.2, 0.25) is 0 Å². The Labute approximate surface area is 170 Å². The zero-order chi connectivity index (χ0) is 19.3. The molecule has 1 fully saturated rings. The summed E-state index contributed by atoms with van der Waals surface area (Å²) in [5.74, 6) is 2.55. The van der Waals surface area contributed by atoms with Gasteiger partial charge in [-0.15, -0.1) is 10.2 Å². The number of aryl methyl sites for hydroxylation is 1. The van der Waals surface area contributed by atoms with Gasteiger partial charge in [-0.2, -0.15) is 0 Å². The van der Waals surface area contributed by atoms with Gasteiger partial charge in [0.15, 0.2) is 5.16 Å². The Hall–Kier alpha value is -2.22. The first-order valence-electron chi connectivity index (χ1n) is 9.97. The Morgan fingerprint density at radius 2 is 1.89 bits per heavy atom. The van der Waals surface area contributed by atoms with E-state index in [1.165, 1.54) is 24.6 Å². The Bertz CT molecular complexity index is 817. The lowest BCUT2D eigenvalue weighted by Crippen LogP contribution is -2.49. The smallest absolute Gasteiger partial charge is 0.233 e. The molecule has 28 heavy (non-hydrogen) atoms. The zero-order valence-corrected chi connectivity index (χ0v) is 17.2. The summed E-state index contributed by atoms with van der Waals surface area (Å²) < 4.78 is 7.67. The summed E-state index contributed by atoms with van der Waals surface area (Å²) in [5.41, 5.74) is 1.10. The summed E-state index contributed by atoms with van der Waals surface area (Å²) >= 11 is 1.52. The molecule has 0 N–H and O–H groups in total. The van der Waals surface area contributed by atoms with Gasteiger partial charge in [0.25, 0.3) is 0 Å². The minimum atomic E-state index is 0.177. The molecule has 8 heteroatoms. The Morgan fingerprint density at radius 3 is 2.71 bits per heavy atom. The Kier molecular flexibility index (Phi) is 6.04. The number of fused-ring (bicyclic) bond motifs is 1. The summed E-state index contributed by atoms with van der Waals surface area (Å²) in [6, 6.07) is 8.05. The number of amides is 1. The molecule has 0 spiro atoms. The van der Waals surface area contributed by atoms with Crippen LogP contribution in [-0.4, -0.2) is 64.6 Å². The topological polar surface area (TPSA) is 63.5 Å². The van der Waals surface area contributed by atoms with Crippen LogP contribution in [0.5, 0.6) is 5.75 Å². The average Bonchev–Trinajstić information content (AvgIpc) is 2.98. The van der Waals surface area contributed by atoms with Gasteiger partial charge in [0.05, 0.1) is 18.6 Å².